The third kappa shape index (κ3) is 2.19. The zero-order valence-electron chi connectivity index (χ0n) is 10.9. The molecule has 1 aromatic carbocycles. The number of methoxy groups -OCH3 is 1. The van der Waals surface area contributed by atoms with Gasteiger partial charge in [0.05, 0.1) is 18.5 Å². The van der Waals surface area contributed by atoms with Gasteiger partial charge in [0.1, 0.15) is 11.5 Å². The van der Waals surface area contributed by atoms with E-state index in [1.54, 1.807) is 7.11 Å². The van der Waals surface area contributed by atoms with Crippen LogP contribution in [0.25, 0.3) is 11.0 Å². The van der Waals surface area contributed by atoms with Gasteiger partial charge in [-0.2, -0.15) is 10.2 Å². The number of benzene rings is 1. The average Bonchev–Trinajstić information content (AvgIpc) is 2.96. The van der Waals surface area contributed by atoms with Crippen molar-refractivity contribution in [3.8, 4) is 0 Å². The molecule has 0 unspecified atom stereocenters. The predicted molar refractivity (Wildman–Crippen MR) is 80.2 cm³/mol. The number of nitrogens with one attached hydrogen (secondary N) is 1. The fraction of sp³-hybridized carbons (Fsp3) is 0.231. The average molecular weight is 336 g/mol. The van der Waals surface area contributed by atoms with E-state index in [1.165, 1.54) is 0 Å². The molecule has 6 nitrogen and oxygen atoms in total. The molecule has 0 aliphatic carbocycles. The standard InChI is InChI=1S/C13H14BrN5O/c1-20-7-10-11-12(15)16-17-13(11)19(18-10)6-8-4-2-3-5-9(8)14/h2-5H,6-7H2,1H3,(H3,15,16,17). The van der Waals surface area contributed by atoms with Crippen LogP contribution < -0.4 is 5.73 Å². The number of H-pyrrole nitrogens is 1. The molecule has 2 aromatic heterocycles. The smallest absolute Gasteiger partial charge is 0.182 e. The maximum absolute atomic E-state index is 5.91. The van der Waals surface area contributed by atoms with Crippen LogP contribution in [0.2, 0.25) is 0 Å². The highest BCUT2D eigenvalue weighted by Gasteiger charge is 2.17. The van der Waals surface area contributed by atoms with Crippen molar-refractivity contribution in [1.29, 1.82) is 0 Å². The zero-order chi connectivity index (χ0) is 14.1. The zero-order valence-corrected chi connectivity index (χ0v) is 12.5. The van der Waals surface area contributed by atoms with E-state index in [4.69, 9.17) is 10.5 Å². The van der Waals surface area contributed by atoms with Crippen LogP contribution >= 0.6 is 15.9 Å². The number of anilines is 1. The summed E-state index contributed by atoms with van der Waals surface area (Å²) in [5.74, 6) is 0.519. The molecule has 2 heterocycles. The molecule has 3 N–H and O–H groups in total. The molecule has 0 fully saturated rings. The van der Waals surface area contributed by atoms with E-state index < -0.39 is 0 Å². The molecule has 0 radical (unpaired) electrons. The lowest BCUT2D eigenvalue weighted by Crippen LogP contribution is -2.04. The summed E-state index contributed by atoms with van der Waals surface area (Å²) < 4.78 is 8.04. The van der Waals surface area contributed by atoms with Crippen molar-refractivity contribution in [2.45, 2.75) is 13.2 Å². The lowest BCUT2D eigenvalue weighted by Gasteiger charge is -2.04. The number of halogens is 1. The minimum absolute atomic E-state index is 0.406. The SMILES string of the molecule is COCc1nn(Cc2ccccc2Br)c2n[nH]c(N)c12. The number of aromatic amines is 1. The second-order valence-electron chi connectivity index (χ2n) is 4.46. The van der Waals surface area contributed by atoms with Gasteiger partial charge in [-0.3, -0.25) is 5.10 Å². The monoisotopic (exact) mass is 335 g/mol. The quantitative estimate of drug-likeness (QED) is 0.766. The normalized spacial score (nSPS) is 11.3. The van der Waals surface area contributed by atoms with E-state index in [-0.39, 0.29) is 0 Å². The van der Waals surface area contributed by atoms with Crippen LogP contribution in [0, 0.1) is 0 Å². The minimum Gasteiger partial charge on any atom is -0.383 e. The van der Waals surface area contributed by atoms with Crippen LogP contribution in [0.4, 0.5) is 5.82 Å². The summed E-state index contributed by atoms with van der Waals surface area (Å²) in [5, 5.41) is 12.4. The Morgan fingerprint density at radius 3 is 2.95 bits per heavy atom. The lowest BCUT2D eigenvalue weighted by atomic mass is 10.2. The Bertz CT molecular complexity index is 748. The molecule has 3 aromatic rings. The second kappa shape index (κ2) is 5.26. The topological polar surface area (TPSA) is 81.8 Å². The van der Waals surface area contributed by atoms with Gasteiger partial charge in [0.15, 0.2) is 5.65 Å². The van der Waals surface area contributed by atoms with E-state index in [9.17, 15) is 0 Å². The van der Waals surface area contributed by atoms with Crippen molar-refractivity contribution in [2.24, 2.45) is 0 Å². The van der Waals surface area contributed by atoms with Gasteiger partial charge < -0.3 is 10.5 Å². The molecule has 7 heteroatoms. The summed E-state index contributed by atoms with van der Waals surface area (Å²) in [7, 11) is 1.63. The summed E-state index contributed by atoms with van der Waals surface area (Å²) in [6.45, 7) is 1.02. The second-order valence-corrected chi connectivity index (χ2v) is 5.32. The first kappa shape index (κ1) is 13.1. The van der Waals surface area contributed by atoms with Crippen LogP contribution in [0.5, 0.6) is 0 Å². The number of aromatic nitrogens is 4. The van der Waals surface area contributed by atoms with Crippen molar-refractivity contribution >= 4 is 32.8 Å². The molecule has 0 amide bonds. The van der Waals surface area contributed by atoms with Gasteiger partial charge in [-0.1, -0.05) is 34.1 Å². The van der Waals surface area contributed by atoms with Gasteiger partial charge in [-0.05, 0) is 11.6 Å². The molecule has 0 aliphatic heterocycles. The minimum atomic E-state index is 0.406. The van der Waals surface area contributed by atoms with Crippen LogP contribution in [0.1, 0.15) is 11.3 Å². The van der Waals surface area contributed by atoms with Gasteiger partial charge in [0, 0.05) is 11.6 Å². The lowest BCUT2D eigenvalue weighted by molar-refractivity contribution is 0.182. The fourth-order valence-electron chi connectivity index (χ4n) is 2.20. The number of nitrogens with zero attached hydrogens (tertiary/aromatic N) is 3. The number of hydrogen-bond acceptors (Lipinski definition) is 4. The predicted octanol–water partition coefficient (Wildman–Crippen LogP) is 2.30. The first-order valence-corrected chi connectivity index (χ1v) is 6.91. The Morgan fingerprint density at radius 1 is 1.40 bits per heavy atom. The van der Waals surface area contributed by atoms with E-state index in [0.717, 1.165) is 26.8 Å². The first-order valence-electron chi connectivity index (χ1n) is 6.12. The summed E-state index contributed by atoms with van der Waals surface area (Å²) in [5.41, 5.74) is 8.57. The number of ether oxygens (including phenoxy) is 1. The maximum Gasteiger partial charge on any atom is 0.182 e. The Kier molecular flexibility index (Phi) is 3.45. The van der Waals surface area contributed by atoms with Gasteiger partial charge >= 0.3 is 0 Å². The summed E-state index contributed by atoms with van der Waals surface area (Å²) in [4.78, 5) is 0. The van der Waals surface area contributed by atoms with Gasteiger partial charge in [-0.25, -0.2) is 4.68 Å². The summed E-state index contributed by atoms with van der Waals surface area (Å²) in [6.07, 6.45) is 0. The van der Waals surface area contributed by atoms with Crippen molar-refractivity contribution < 1.29 is 4.74 Å². The maximum atomic E-state index is 5.91. The van der Waals surface area contributed by atoms with E-state index in [0.29, 0.717) is 19.0 Å². The van der Waals surface area contributed by atoms with Crippen molar-refractivity contribution in [2.75, 3.05) is 12.8 Å². The largest absolute Gasteiger partial charge is 0.383 e. The molecule has 0 spiro atoms. The van der Waals surface area contributed by atoms with Crippen molar-refractivity contribution in [3.63, 3.8) is 0 Å². The third-order valence-corrected chi connectivity index (χ3v) is 3.88. The highest BCUT2D eigenvalue weighted by atomic mass is 79.9. The van der Waals surface area contributed by atoms with E-state index in [1.807, 2.05) is 28.9 Å². The van der Waals surface area contributed by atoms with Crippen LogP contribution in [-0.4, -0.2) is 27.1 Å². The molecule has 0 bridgehead atoms. The molecule has 0 atom stereocenters. The number of nitrogen functional groups attached to an aromatic ring is 1. The van der Waals surface area contributed by atoms with Crippen LogP contribution in [-0.2, 0) is 17.9 Å². The van der Waals surface area contributed by atoms with Gasteiger partial charge in [0.25, 0.3) is 0 Å². The van der Waals surface area contributed by atoms with Gasteiger partial charge in [-0.15, -0.1) is 0 Å². The Balaban J connectivity index is 2.06. The Labute approximate surface area is 124 Å². The molecule has 104 valence electrons. The molecule has 20 heavy (non-hydrogen) atoms. The van der Waals surface area contributed by atoms with Crippen molar-refractivity contribution in [3.05, 3.63) is 40.0 Å². The van der Waals surface area contributed by atoms with Gasteiger partial charge in [0.2, 0.25) is 0 Å². The highest BCUT2D eigenvalue weighted by Crippen LogP contribution is 2.25. The molecule has 3 rings (SSSR count). The van der Waals surface area contributed by atoms with Crippen LogP contribution in [0.15, 0.2) is 28.7 Å². The number of hydrogen-bond donors (Lipinski definition) is 2. The molecular weight excluding hydrogens is 322 g/mol. The Morgan fingerprint density at radius 2 is 2.20 bits per heavy atom. The third-order valence-electron chi connectivity index (χ3n) is 3.11. The summed E-state index contributed by atoms with van der Waals surface area (Å²) >= 11 is 3.54. The molecule has 0 saturated carbocycles. The van der Waals surface area contributed by atoms with Crippen molar-refractivity contribution in [1.82, 2.24) is 20.0 Å². The summed E-state index contributed by atoms with van der Waals surface area (Å²) in [6, 6.07) is 8.03. The number of rotatable bonds is 4. The molecular formula is C13H14BrN5O. The molecule has 0 saturated heterocycles. The number of fused-ring (bicyclic) bond motifs is 1. The van der Waals surface area contributed by atoms with E-state index in [2.05, 4.69) is 31.2 Å². The highest BCUT2D eigenvalue weighted by molar-refractivity contribution is 9.10. The number of nitrogens with two attached hydrogens (primary N) is 1. The van der Waals surface area contributed by atoms with Crippen LogP contribution in [0.3, 0.4) is 0 Å². The Hall–Kier alpha value is -1.86. The molecule has 0 aliphatic rings. The first-order chi connectivity index (χ1) is 9.70. The fourth-order valence-corrected chi connectivity index (χ4v) is 2.61. The van der Waals surface area contributed by atoms with E-state index >= 15 is 0 Å².